The molecule has 0 aliphatic rings. The van der Waals surface area contributed by atoms with Crippen LogP contribution in [-0.4, -0.2) is 23.5 Å². The largest absolute Gasteiger partial charge is 0.461 e. The summed E-state index contributed by atoms with van der Waals surface area (Å²) >= 11 is 0.816. The van der Waals surface area contributed by atoms with Crippen LogP contribution in [0.1, 0.15) is 27.8 Å². The summed E-state index contributed by atoms with van der Waals surface area (Å²) in [5.74, 6) is -9.62. The quantitative estimate of drug-likeness (QED) is 0.399. The third-order valence-electron chi connectivity index (χ3n) is 2.56. The molecule has 2 rings (SSSR count). The van der Waals surface area contributed by atoms with Gasteiger partial charge in [0, 0.05) is 5.38 Å². The maximum absolute atomic E-state index is 13.5. The van der Waals surface area contributed by atoms with Gasteiger partial charge in [-0.1, -0.05) is 0 Å². The highest BCUT2D eigenvalue weighted by Crippen LogP contribution is 2.21. The Hall–Kier alpha value is -2.49. The van der Waals surface area contributed by atoms with Crippen molar-refractivity contribution in [3.63, 3.8) is 0 Å². The fraction of sp³-hybridized carbons (Fsp3) is 0.154. The number of aromatic nitrogens is 1. The van der Waals surface area contributed by atoms with Crippen LogP contribution in [0.15, 0.2) is 11.4 Å². The Morgan fingerprint density at radius 1 is 1.22 bits per heavy atom. The zero-order valence-corrected chi connectivity index (χ0v) is 12.3. The number of ether oxygens (including phenoxy) is 1. The average Bonchev–Trinajstić information content (AvgIpc) is 2.97. The topological polar surface area (TPSA) is 68.3 Å². The van der Waals surface area contributed by atoms with Crippen molar-refractivity contribution in [2.24, 2.45) is 0 Å². The summed E-state index contributed by atoms with van der Waals surface area (Å²) in [6.07, 6.45) is 0. The van der Waals surface area contributed by atoms with Crippen LogP contribution in [0.4, 0.5) is 22.7 Å². The van der Waals surface area contributed by atoms with E-state index >= 15 is 0 Å². The second-order valence-corrected chi connectivity index (χ2v) is 4.92. The molecule has 0 spiro atoms. The predicted octanol–water partition coefficient (Wildman–Crippen LogP) is 3.13. The van der Waals surface area contributed by atoms with Crippen molar-refractivity contribution in [2.75, 3.05) is 11.9 Å². The van der Waals surface area contributed by atoms with Gasteiger partial charge in [0.1, 0.15) is 0 Å². The van der Waals surface area contributed by atoms with Gasteiger partial charge in [0.15, 0.2) is 34.1 Å². The predicted molar refractivity (Wildman–Crippen MR) is 72.3 cm³/mol. The second-order valence-electron chi connectivity index (χ2n) is 4.06. The van der Waals surface area contributed by atoms with Gasteiger partial charge in [-0.15, -0.1) is 11.3 Å². The van der Waals surface area contributed by atoms with Gasteiger partial charge >= 0.3 is 5.97 Å². The molecule has 0 aliphatic carbocycles. The lowest BCUT2D eigenvalue weighted by Gasteiger charge is -2.05. The maximum atomic E-state index is 13.5. The number of esters is 1. The number of nitrogens with zero attached hydrogens (tertiary/aromatic N) is 1. The molecule has 1 N–H and O–H groups in total. The van der Waals surface area contributed by atoms with Crippen molar-refractivity contribution < 1.29 is 31.9 Å². The molecule has 1 aromatic heterocycles. The Bertz CT molecular complexity index is 779. The summed E-state index contributed by atoms with van der Waals surface area (Å²) < 4.78 is 57.2. The van der Waals surface area contributed by atoms with Gasteiger partial charge < -0.3 is 4.74 Å². The van der Waals surface area contributed by atoms with Crippen molar-refractivity contribution in [3.05, 3.63) is 46.0 Å². The van der Waals surface area contributed by atoms with Crippen molar-refractivity contribution >= 4 is 28.3 Å². The molecule has 0 atom stereocenters. The first-order valence-corrected chi connectivity index (χ1v) is 7.00. The lowest BCUT2D eigenvalue weighted by molar-refractivity contribution is 0.0520. The van der Waals surface area contributed by atoms with Crippen molar-refractivity contribution in [1.82, 2.24) is 4.98 Å². The fourth-order valence-electron chi connectivity index (χ4n) is 1.53. The number of halogens is 4. The first-order chi connectivity index (χ1) is 10.8. The van der Waals surface area contributed by atoms with Crippen molar-refractivity contribution in [3.8, 4) is 0 Å². The molecule has 0 saturated carbocycles. The Morgan fingerprint density at radius 2 is 1.91 bits per heavy atom. The maximum Gasteiger partial charge on any atom is 0.357 e. The first-order valence-electron chi connectivity index (χ1n) is 6.12. The molecule has 0 radical (unpaired) electrons. The number of rotatable bonds is 4. The van der Waals surface area contributed by atoms with Crippen LogP contribution in [0.25, 0.3) is 0 Å². The molecular formula is C13H8F4N2O3S. The van der Waals surface area contributed by atoms with Crippen molar-refractivity contribution in [1.29, 1.82) is 0 Å². The van der Waals surface area contributed by atoms with E-state index in [0.717, 1.165) is 11.3 Å². The van der Waals surface area contributed by atoms with Crippen LogP contribution in [0, 0.1) is 23.3 Å². The SMILES string of the molecule is CCOC(=O)c1csc(NC(=O)c2cc(F)c(F)c(F)c2F)n1. The first kappa shape index (κ1) is 16.9. The number of hydrogen-bond acceptors (Lipinski definition) is 5. The molecule has 1 heterocycles. The zero-order chi connectivity index (χ0) is 17.1. The standard InChI is InChI=1S/C13H8F4N2O3S/c1-2-22-12(21)7-4-23-13(18-7)19-11(20)5-3-6(14)9(16)10(17)8(5)15/h3-4H,2H2,1H3,(H,18,19,20). The molecule has 0 saturated heterocycles. The Labute approximate surface area is 130 Å². The monoisotopic (exact) mass is 348 g/mol. The highest BCUT2D eigenvalue weighted by molar-refractivity contribution is 7.14. The fourth-order valence-corrected chi connectivity index (χ4v) is 2.21. The van der Waals surface area contributed by atoms with Gasteiger partial charge in [-0.25, -0.2) is 27.3 Å². The minimum atomic E-state index is -2.10. The molecule has 1 aromatic carbocycles. The average molecular weight is 348 g/mol. The van der Waals surface area contributed by atoms with E-state index in [4.69, 9.17) is 0 Å². The van der Waals surface area contributed by atoms with Gasteiger partial charge in [-0.05, 0) is 13.0 Å². The Balaban J connectivity index is 2.22. The van der Waals surface area contributed by atoms with E-state index in [9.17, 15) is 27.2 Å². The van der Waals surface area contributed by atoms with E-state index in [2.05, 4.69) is 15.0 Å². The number of nitrogens with one attached hydrogen (secondary N) is 1. The number of carbonyl (C=O) groups is 2. The summed E-state index contributed by atoms with van der Waals surface area (Å²) in [5, 5.41) is 3.21. The molecule has 0 bridgehead atoms. The molecule has 0 aliphatic heterocycles. The molecule has 0 unspecified atom stereocenters. The summed E-state index contributed by atoms with van der Waals surface area (Å²) in [4.78, 5) is 26.9. The van der Waals surface area contributed by atoms with Gasteiger partial charge in [0.25, 0.3) is 5.91 Å². The van der Waals surface area contributed by atoms with E-state index in [1.54, 1.807) is 6.92 Å². The number of hydrogen-bond donors (Lipinski definition) is 1. The number of carbonyl (C=O) groups excluding carboxylic acids is 2. The number of anilines is 1. The van der Waals surface area contributed by atoms with E-state index in [0.29, 0.717) is 0 Å². The van der Waals surface area contributed by atoms with Crippen LogP contribution in [0.5, 0.6) is 0 Å². The van der Waals surface area contributed by atoms with E-state index in [-0.39, 0.29) is 23.5 Å². The van der Waals surface area contributed by atoms with Crippen LogP contribution in [-0.2, 0) is 4.74 Å². The summed E-state index contributed by atoms with van der Waals surface area (Å²) in [6.45, 7) is 1.71. The van der Waals surface area contributed by atoms with Gasteiger partial charge in [0.2, 0.25) is 0 Å². The number of thiazole rings is 1. The summed E-state index contributed by atoms with van der Waals surface area (Å²) in [5.41, 5.74) is -1.13. The zero-order valence-electron chi connectivity index (χ0n) is 11.5. The smallest absolute Gasteiger partial charge is 0.357 e. The second kappa shape index (κ2) is 6.73. The normalized spacial score (nSPS) is 10.5. The minimum Gasteiger partial charge on any atom is -0.461 e. The van der Waals surface area contributed by atoms with Crippen LogP contribution in [0.2, 0.25) is 0 Å². The summed E-state index contributed by atoms with van der Waals surface area (Å²) in [7, 11) is 0. The molecule has 23 heavy (non-hydrogen) atoms. The van der Waals surface area contributed by atoms with E-state index in [1.165, 1.54) is 5.38 Å². The molecule has 2 aromatic rings. The molecule has 10 heteroatoms. The molecule has 5 nitrogen and oxygen atoms in total. The van der Waals surface area contributed by atoms with Gasteiger partial charge in [0.05, 0.1) is 12.2 Å². The van der Waals surface area contributed by atoms with Crippen LogP contribution in [0.3, 0.4) is 0 Å². The lowest BCUT2D eigenvalue weighted by Crippen LogP contribution is -2.16. The van der Waals surface area contributed by atoms with Gasteiger partial charge in [-0.2, -0.15) is 0 Å². The molecule has 1 amide bonds. The molecular weight excluding hydrogens is 340 g/mol. The third-order valence-corrected chi connectivity index (χ3v) is 3.31. The lowest BCUT2D eigenvalue weighted by atomic mass is 10.1. The Morgan fingerprint density at radius 3 is 2.57 bits per heavy atom. The summed E-state index contributed by atoms with van der Waals surface area (Å²) in [6, 6.07) is 0.225. The van der Waals surface area contributed by atoms with Gasteiger partial charge in [-0.3, -0.25) is 10.1 Å². The molecule has 122 valence electrons. The highest BCUT2D eigenvalue weighted by Gasteiger charge is 2.24. The third kappa shape index (κ3) is 3.47. The van der Waals surface area contributed by atoms with Crippen LogP contribution < -0.4 is 5.32 Å². The minimum absolute atomic E-state index is 0.0934. The Kier molecular flexibility index (Phi) is 4.94. The number of benzene rings is 1. The molecule has 0 fully saturated rings. The van der Waals surface area contributed by atoms with Crippen LogP contribution >= 0.6 is 11.3 Å². The number of amides is 1. The van der Waals surface area contributed by atoms with E-state index in [1.807, 2.05) is 0 Å². The highest BCUT2D eigenvalue weighted by atomic mass is 32.1. The van der Waals surface area contributed by atoms with Crippen molar-refractivity contribution in [2.45, 2.75) is 6.92 Å². The van der Waals surface area contributed by atoms with E-state index < -0.39 is 40.7 Å².